The zero-order valence-corrected chi connectivity index (χ0v) is 20.9. The highest BCUT2D eigenvalue weighted by atomic mass is 35.5. The van der Waals surface area contributed by atoms with Crippen LogP contribution in [0, 0.1) is 0 Å². The van der Waals surface area contributed by atoms with E-state index in [1.807, 2.05) is 23.1 Å². The Morgan fingerprint density at radius 1 is 1.03 bits per heavy atom. The summed E-state index contributed by atoms with van der Waals surface area (Å²) in [6, 6.07) is 10.7. The number of anilines is 2. The van der Waals surface area contributed by atoms with Gasteiger partial charge in [-0.25, -0.2) is 9.78 Å². The molecule has 1 N–H and O–H groups in total. The number of oxime groups is 1. The molecule has 4 heterocycles. The summed E-state index contributed by atoms with van der Waals surface area (Å²) in [6.45, 7) is 3.46. The number of amides is 3. The van der Waals surface area contributed by atoms with Crippen molar-refractivity contribution in [3.05, 3.63) is 47.6 Å². The van der Waals surface area contributed by atoms with Crippen molar-refractivity contribution in [2.45, 2.75) is 24.9 Å². The summed E-state index contributed by atoms with van der Waals surface area (Å²) in [6.07, 6.45) is 3.40. The molecular formula is C25H29ClN6O4. The minimum absolute atomic E-state index is 0.0880. The van der Waals surface area contributed by atoms with E-state index in [2.05, 4.69) is 20.4 Å². The lowest BCUT2D eigenvalue weighted by Crippen LogP contribution is -2.52. The van der Waals surface area contributed by atoms with Gasteiger partial charge in [-0.3, -0.25) is 4.79 Å². The molecule has 0 saturated carbocycles. The van der Waals surface area contributed by atoms with Crippen LogP contribution in [0.3, 0.4) is 0 Å². The van der Waals surface area contributed by atoms with E-state index in [1.54, 1.807) is 36.4 Å². The highest BCUT2D eigenvalue weighted by Crippen LogP contribution is 2.35. The fourth-order valence-corrected chi connectivity index (χ4v) is 5.12. The SMILES string of the molecule is COc1ccccc1NC(=O)N1CCC2(CC1)CC(C(=O)N1CCN(c3ncccc3Cl)CC1)=NO2. The standard InChI is InChI=1S/C25H29ClN6O4/c1-35-21-7-3-2-6-19(21)28-24(34)32-11-8-25(9-12-32)17-20(29-36-25)23(33)31-15-13-30(14-16-31)22-18(26)5-4-10-27-22/h2-7,10H,8-9,11-17H2,1H3,(H,28,34). The number of benzene rings is 1. The Morgan fingerprint density at radius 2 is 1.78 bits per heavy atom. The number of halogens is 1. The number of pyridine rings is 1. The van der Waals surface area contributed by atoms with Crippen molar-refractivity contribution in [2.24, 2.45) is 5.16 Å². The van der Waals surface area contributed by atoms with Crippen LogP contribution in [0.1, 0.15) is 19.3 Å². The molecule has 36 heavy (non-hydrogen) atoms. The number of carbonyl (C=O) groups is 2. The summed E-state index contributed by atoms with van der Waals surface area (Å²) in [7, 11) is 1.57. The molecule has 0 atom stereocenters. The molecule has 5 rings (SSSR count). The quantitative estimate of drug-likeness (QED) is 0.675. The Balaban J connectivity index is 1.11. The third-order valence-electron chi connectivity index (χ3n) is 7.00. The first kappa shape index (κ1) is 24.2. The molecule has 0 aliphatic carbocycles. The van der Waals surface area contributed by atoms with Crippen molar-refractivity contribution in [1.29, 1.82) is 0 Å². The zero-order valence-electron chi connectivity index (χ0n) is 20.2. The van der Waals surface area contributed by atoms with E-state index in [0.717, 1.165) is 5.82 Å². The second kappa shape index (κ2) is 10.2. The second-order valence-electron chi connectivity index (χ2n) is 9.19. The first-order valence-electron chi connectivity index (χ1n) is 12.1. The third-order valence-corrected chi connectivity index (χ3v) is 7.30. The maximum Gasteiger partial charge on any atom is 0.321 e. The van der Waals surface area contributed by atoms with Crippen LogP contribution in [0.4, 0.5) is 16.3 Å². The topological polar surface area (TPSA) is 99.6 Å². The molecule has 3 aliphatic rings. The number of hydrogen-bond donors (Lipinski definition) is 1. The van der Waals surface area contributed by atoms with Gasteiger partial charge in [0.05, 0.1) is 17.8 Å². The fourth-order valence-electron chi connectivity index (χ4n) is 4.88. The Kier molecular flexibility index (Phi) is 6.86. The summed E-state index contributed by atoms with van der Waals surface area (Å²) in [4.78, 5) is 41.8. The Labute approximate surface area is 214 Å². The number of carbonyl (C=O) groups excluding carboxylic acids is 2. The van der Waals surface area contributed by atoms with Gasteiger partial charge >= 0.3 is 6.03 Å². The summed E-state index contributed by atoms with van der Waals surface area (Å²) in [5.41, 5.74) is 0.547. The molecule has 2 aromatic rings. The molecule has 1 aromatic carbocycles. The summed E-state index contributed by atoms with van der Waals surface area (Å²) >= 11 is 6.27. The maximum atomic E-state index is 13.1. The Morgan fingerprint density at radius 3 is 2.50 bits per heavy atom. The Hall–Kier alpha value is -3.53. The van der Waals surface area contributed by atoms with E-state index < -0.39 is 5.60 Å². The first-order chi connectivity index (χ1) is 17.5. The van der Waals surface area contributed by atoms with Crippen LogP contribution in [0.5, 0.6) is 5.75 Å². The molecule has 0 radical (unpaired) electrons. The van der Waals surface area contributed by atoms with E-state index >= 15 is 0 Å². The van der Waals surface area contributed by atoms with Gasteiger partial charge in [-0.2, -0.15) is 0 Å². The van der Waals surface area contributed by atoms with Gasteiger partial charge in [0.15, 0.2) is 0 Å². The van der Waals surface area contributed by atoms with Crippen molar-refractivity contribution in [1.82, 2.24) is 14.8 Å². The van der Waals surface area contributed by atoms with Crippen LogP contribution >= 0.6 is 11.6 Å². The highest BCUT2D eigenvalue weighted by molar-refractivity contribution is 6.39. The van der Waals surface area contributed by atoms with E-state index in [0.29, 0.717) is 80.7 Å². The molecular weight excluding hydrogens is 484 g/mol. The summed E-state index contributed by atoms with van der Waals surface area (Å²) < 4.78 is 5.31. The number of aromatic nitrogens is 1. The zero-order chi connectivity index (χ0) is 25.1. The molecule has 1 aromatic heterocycles. The summed E-state index contributed by atoms with van der Waals surface area (Å²) in [5.74, 6) is 1.27. The number of piperazine rings is 1. The second-order valence-corrected chi connectivity index (χ2v) is 9.60. The van der Waals surface area contributed by atoms with Gasteiger partial charge < -0.3 is 29.6 Å². The van der Waals surface area contributed by atoms with Crippen molar-refractivity contribution in [2.75, 3.05) is 56.6 Å². The molecule has 2 fully saturated rings. The predicted octanol–water partition coefficient (Wildman–Crippen LogP) is 3.24. The molecule has 3 amide bonds. The number of hydrogen-bond acceptors (Lipinski definition) is 7. The number of ether oxygens (including phenoxy) is 1. The average Bonchev–Trinajstić information content (AvgIpc) is 3.32. The maximum absolute atomic E-state index is 13.1. The number of urea groups is 1. The van der Waals surface area contributed by atoms with Crippen LogP contribution in [0.2, 0.25) is 5.02 Å². The van der Waals surface area contributed by atoms with Crippen LogP contribution < -0.4 is 15.0 Å². The van der Waals surface area contributed by atoms with Gasteiger partial charge in [-0.1, -0.05) is 28.9 Å². The molecule has 11 heteroatoms. The number of para-hydroxylation sites is 2. The molecule has 190 valence electrons. The largest absolute Gasteiger partial charge is 0.495 e. The van der Waals surface area contributed by atoms with Crippen LogP contribution in [0.25, 0.3) is 0 Å². The van der Waals surface area contributed by atoms with Crippen LogP contribution in [-0.4, -0.2) is 84.4 Å². The molecule has 2 saturated heterocycles. The lowest BCUT2D eigenvalue weighted by molar-refractivity contribution is -0.124. The van der Waals surface area contributed by atoms with Crippen LogP contribution in [-0.2, 0) is 9.63 Å². The molecule has 1 spiro atoms. The smallest absolute Gasteiger partial charge is 0.321 e. The number of rotatable bonds is 4. The number of methoxy groups -OCH3 is 1. The van der Waals surface area contributed by atoms with Gasteiger partial charge in [-0.15, -0.1) is 0 Å². The van der Waals surface area contributed by atoms with E-state index in [1.165, 1.54) is 0 Å². The van der Waals surface area contributed by atoms with Crippen molar-refractivity contribution in [3.63, 3.8) is 0 Å². The van der Waals surface area contributed by atoms with E-state index in [9.17, 15) is 9.59 Å². The molecule has 0 unspecified atom stereocenters. The lowest BCUT2D eigenvalue weighted by atomic mass is 9.86. The minimum atomic E-state index is -0.532. The minimum Gasteiger partial charge on any atom is -0.495 e. The van der Waals surface area contributed by atoms with Gasteiger partial charge in [0, 0.05) is 64.7 Å². The van der Waals surface area contributed by atoms with Gasteiger partial charge in [0.1, 0.15) is 22.9 Å². The normalized spacial score (nSPS) is 19.1. The van der Waals surface area contributed by atoms with Gasteiger partial charge in [-0.05, 0) is 24.3 Å². The average molecular weight is 513 g/mol. The Bertz CT molecular complexity index is 1160. The third kappa shape index (κ3) is 4.90. The number of nitrogens with one attached hydrogen (secondary N) is 1. The monoisotopic (exact) mass is 512 g/mol. The highest BCUT2D eigenvalue weighted by Gasteiger charge is 2.45. The molecule has 0 bridgehead atoms. The van der Waals surface area contributed by atoms with Crippen molar-refractivity contribution in [3.8, 4) is 5.75 Å². The molecule has 10 nitrogen and oxygen atoms in total. The summed E-state index contributed by atoms with van der Waals surface area (Å²) in [5, 5.41) is 7.70. The fraction of sp³-hybridized carbons (Fsp3) is 0.440. The van der Waals surface area contributed by atoms with E-state index in [4.69, 9.17) is 21.2 Å². The van der Waals surface area contributed by atoms with Crippen LogP contribution in [0.15, 0.2) is 47.8 Å². The number of likely N-dealkylation sites (tertiary alicyclic amines) is 1. The first-order valence-corrected chi connectivity index (χ1v) is 12.4. The van der Waals surface area contributed by atoms with Crippen molar-refractivity contribution >= 4 is 40.8 Å². The van der Waals surface area contributed by atoms with E-state index in [-0.39, 0.29) is 11.9 Å². The predicted molar refractivity (Wildman–Crippen MR) is 137 cm³/mol. The van der Waals surface area contributed by atoms with Crippen molar-refractivity contribution < 1.29 is 19.2 Å². The van der Waals surface area contributed by atoms with Gasteiger partial charge in [0.2, 0.25) is 0 Å². The lowest BCUT2D eigenvalue weighted by Gasteiger charge is -2.37. The van der Waals surface area contributed by atoms with Gasteiger partial charge in [0.25, 0.3) is 5.91 Å². The number of nitrogens with zero attached hydrogens (tertiary/aromatic N) is 5. The molecule has 3 aliphatic heterocycles. The number of piperidine rings is 1.